The molecule has 0 spiro atoms. The second-order valence-electron chi connectivity index (χ2n) is 2.46. The SMILES string of the molecule is COCCC(=O)c1ncc(CO)s1. The molecule has 0 atom stereocenters. The molecular formula is C8H11NO3S. The summed E-state index contributed by atoms with van der Waals surface area (Å²) in [5.74, 6) is -0.0356. The van der Waals surface area contributed by atoms with Crippen molar-refractivity contribution in [2.24, 2.45) is 0 Å². The Hall–Kier alpha value is -0.780. The zero-order valence-corrected chi connectivity index (χ0v) is 8.13. The lowest BCUT2D eigenvalue weighted by Gasteiger charge is -1.94. The number of carbonyl (C=O) groups is 1. The summed E-state index contributed by atoms with van der Waals surface area (Å²) in [6.45, 7) is 0.349. The molecule has 0 aliphatic carbocycles. The van der Waals surface area contributed by atoms with Crippen LogP contribution in [0.1, 0.15) is 21.1 Å². The molecule has 0 aliphatic heterocycles. The van der Waals surface area contributed by atoms with Crippen LogP contribution in [0.2, 0.25) is 0 Å². The van der Waals surface area contributed by atoms with Gasteiger partial charge >= 0.3 is 0 Å². The molecule has 0 radical (unpaired) electrons. The van der Waals surface area contributed by atoms with E-state index in [-0.39, 0.29) is 12.4 Å². The van der Waals surface area contributed by atoms with E-state index < -0.39 is 0 Å². The van der Waals surface area contributed by atoms with Gasteiger partial charge < -0.3 is 9.84 Å². The van der Waals surface area contributed by atoms with E-state index >= 15 is 0 Å². The van der Waals surface area contributed by atoms with E-state index in [9.17, 15) is 4.79 Å². The van der Waals surface area contributed by atoms with Gasteiger partial charge in [-0.05, 0) is 0 Å². The minimum absolute atomic E-state index is 0.0356. The Labute approximate surface area is 80.2 Å². The first-order valence-electron chi connectivity index (χ1n) is 3.85. The Balaban J connectivity index is 2.55. The molecule has 0 aliphatic rings. The molecule has 0 bridgehead atoms. The molecule has 0 saturated carbocycles. The Kier molecular flexibility index (Phi) is 4.01. The van der Waals surface area contributed by atoms with Crippen LogP contribution in [-0.2, 0) is 11.3 Å². The largest absolute Gasteiger partial charge is 0.391 e. The van der Waals surface area contributed by atoms with E-state index in [2.05, 4.69) is 4.98 Å². The van der Waals surface area contributed by atoms with Gasteiger partial charge in [-0.3, -0.25) is 4.79 Å². The van der Waals surface area contributed by atoms with Gasteiger partial charge in [0.25, 0.3) is 0 Å². The minimum Gasteiger partial charge on any atom is -0.391 e. The molecule has 1 heterocycles. The van der Waals surface area contributed by atoms with Crippen LogP contribution in [0.4, 0.5) is 0 Å². The van der Waals surface area contributed by atoms with Crippen LogP contribution in [0, 0.1) is 0 Å². The standard InChI is InChI=1S/C8H11NO3S/c1-12-3-2-7(11)8-9-4-6(5-10)13-8/h4,10H,2-3,5H2,1H3. The summed E-state index contributed by atoms with van der Waals surface area (Å²) in [6, 6.07) is 0. The molecule has 0 fully saturated rings. The third-order valence-corrected chi connectivity index (χ3v) is 2.50. The van der Waals surface area contributed by atoms with Crippen molar-refractivity contribution in [2.75, 3.05) is 13.7 Å². The zero-order chi connectivity index (χ0) is 9.68. The van der Waals surface area contributed by atoms with Crippen molar-refractivity contribution in [3.63, 3.8) is 0 Å². The van der Waals surface area contributed by atoms with Crippen molar-refractivity contribution < 1.29 is 14.6 Å². The highest BCUT2D eigenvalue weighted by atomic mass is 32.1. The number of ketones is 1. The molecule has 0 unspecified atom stereocenters. The fourth-order valence-electron chi connectivity index (χ4n) is 0.811. The lowest BCUT2D eigenvalue weighted by molar-refractivity contribution is 0.0932. The van der Waals surface area contributed by atoms with Gasteiger partial charge in [-0.2, -0.15) is 0 Å². The van der Waals surface area contributed by atoms with Crippen LogP contribution in [0.25, 0.3) is 0 Å². The van der Waals surface area contributed by atoms with E-state index in [1.807, 2.05) is 0 Å². The number of nitrogens with zero attached hydrogens (tertiary/aromatic N) is 1. The van der Waals surface area contributed by atoms with Crippen LogP contribution in [0.5, 0.6) is 0 Å². The monoisotopic (exact) mass is 201 g/mol. The first-order valence-corrected chi connectivity index (χ1v) is 4.67. The average molecular weight is 201 g/mol. The highest BCUT2D eigenvalue weighted by Crippen LogP contribution is 2.14. The van der Waals surface area contributed by atoms with E-state index in [0.29, 0.717) is 22.9 Å². The van der Waals surface area contributed by atoms with Gasteiger partial charge in [0.15, 0.2) is 10.8 Å². The maximum atomic E-state index is 11.3. The first-order chi connectivity index (χ1) is 6.27. The van der Waals surface area contributed by atoms with Gasteiger partial charge in [0, 0.05) is 19.7 Å². The maximum Gasteiger partial charge on any atom is 0.193 e. The first kappa shape index (κ1) is 10.3. The number of methoxy groups -OCH3 is 1. The Morgan fingerprint density at radius 3 is 3.08 bits per heavy atom. The van der Waals surface area contributed by atoms with Crippen molar-refractivity contribution >= 4 is 17.1 Å². The van der Waals surface area contributed by atoms with Crippen LogP contribution in [0.15, 0.2) is 6.20 Å². The normalized spacial score (nSPS) is 10.3. The number of thiazole rings is 1. The molecule has 13 heavy (non-hydrogen) atoms. The molecule has 1 N–H and O–H groups in total. The van der Waals surface area contributed by atoms with Gasteiger partial charge in [-0.1, -0.05) is 0 Å². The predicted octanol–water partition coefficient (Wildman–Crippen LogP) is 0.855. The Morgan fingerprint density at radius 1 is 1.77 bits per heavy atom. The van der Waals surface area contributed by atoms with Crippen LogP contribution < -0.4 is 0 Å². The zero-order valence-electron chi connectivity index (χ0n) is 7.32. The number of hydrogen-bond acceptors (Lipinski definition) is 5. The summed E-state index contributed by atoms with van der Waals surface area (Å²) in [5, 5.41) is 9.19. The molecule has 72 valence electrons. The molecule has 1 aromatic rings. The van der Waals surface area contributed by atoms with Gasteiger partial charge in [-0.15, -0.1) is 11.3 Å². The smallest absolute Gasteiger partial charge is 0.193 e. The van der Waals surface area contributed by atoms with E-state index in [1.165, 1.54) is 17.5 Å². The van der Waals surface area contributed by atoms with Crippen molar-refractivity contribution in [1.29, 1.82) is 0 Å². The van der Waals surface area contributed by atoms with E-state index in [0.717, 1.165) is 0 Å². The third-order valence-electron chi connectivity index (χ3n) is 1.48. The molecule has 0 saturated heterocycles. The average Bonchev–Trinajstić information content (AvgIpc) is 2.62. The van der Waals surface area contributed by atoms with Crippen molar-refractivity contribution in [1.82, 2.24) is 4.98 Å². The van der Waals surface area contributed by atoms with Crippen LogP contribution in [0.3, 0.4) is 0 Å². The molecule has 1 rings (SSSR count). The second kappa shape index (κ2) is 5.06. The predicted molar refractivity (Wildman–Crippen MR) is 48.9 cm³/mol. The maximum absolute atomic E-state index is 11.3. The summed E-state index contributed by atoms with van der Waals surface area (Å²) in [7, 11) is 1.55. The highest BCUT2D eigenvalue weighted by molar-refractivity contribution is 7.13. The number of rotatable bonds is 5. The molecule has 0 amide bonds. The van der Waals surface area contributed by atoms with Crippen LogP contribution >= 0.6 is 11.3 Å². The summed E-state index contributed by atoms with van der Waals surface area (Å²) in [5.41, 5.74) is 0. The lowest BCUT2D eigenvalue weighted by atomic mass is 10.3. The number of aliphatic hydroxyl groups is 1. The summed E-state index contributed by atoms with van der Waals surface area (Å²) >= 11 is 1.23. The topological polar surface area (TPSA) is 59.4 Å². The minimum atomic E-state index is -0.0603. The second-order valence-corrected chi connectivity index (χ2v) is 3.57. The number of aliphatic hydroxyl groups excluding tert-OH is 1. The number of Topliss-reactive ketones (excluding diaryl/α,β-unsaturated/α-hetero) is 1. The number of ether oxygens (including phenoxy) is 1. The van der Waals surface area contributed by atoms with Gasteiger partial charge in [0.1, 0.15) is 0 Å². The number of aromatic nitrogens is 1. The highest BCUT2D eigenvalue weighted by Gasteiger charge is 2.09. The van der Waals surface area contributed by atoms with Gasteiger partial charge in [-0.25, -0.2) is 4.98 Å². The van der Waals surface area contributed by atoms with Crippen LogP contribution in [-0.4, -0.2) is 29.6 Å². The molecule has 4 nitrogen and oxygen atoms in total. The summed E-state index contributed by atoms with van der Waals surface area (Å²) in [6.07, 6.45) is 1.86. The quantitative estimate of drug-likeness (QED) is 0.718. The van der Waals surface area contributed by atoms with Gasteiger partial charge in [0.05, 0.1) is 18.1 Å². The summed E-state index contributed by atoms with van der Waals surface area (Å²) < 4.78 is 4.77. The van der Waals surface area contributed by atoms with Crippen molar-refractivity contribution in [3.05, 3.63) is 16.1 Å². The Bertz CT molecular complexity index is 285. The molecular weight excluding hydrogens is 190 g/mol. The molecule has 5 heteroatoms. The van der Waals surface area contributed by atoms with Crippen molar-refractivity contribution in [3.8, 4) is 0 Å². The third kappa shape index (κ3) is 2.87. The van der Waals surface area contributed by atoms with E-state index in [4.69, 9.17) is 9.84 Å². The van der Waals surface area contributed by atoms with Gasteiger partial charge in [0.2, 0.25) is 0 Å². The lowest BCUT2D eigenvalue weighted by Crippen LogP contribution is -2.02. The van der Waals surface area contributed by atoms with E-state index in [1.54, 1.807) is 7.11 Å². The molecule has 1 aromatic heterocycles. The summed E-state index contributed by atoms with van der Waals surface area (Å²) in [4.78, 5) is 15.9. The number of carbonyl (C=O) groups excluding carboxylic acids is 1. The Morgan fingerprint density at radius 2 is 2.54 bits per heavy atom. The fraction of sp³-hybridized carbons (Fsp3) is 0.500. The van der Waals surface area contributed by atoms with Crippen molar-refractivity contribution in [2.45, 2.75) is 13.0 Å². The molecule has 0 aromatic carbocycles. The fourth-order valence-corrected chi connectivity index (χ4v) is 1.55. The number of hydrogen-bond donors (Lipinski definition) is 1.